The highest BCUT2D eigenvalue weighted by molar-refractivity contribution is 6.34. The van der Waals surface area contributed by atoms with Gasteiger partial charge < -0.3 is 5.11 Å². The molecule has 0 aliphatic carbocycles. The Balaban J connectivity index is 2.17. The molecule has 0 amide bonds. The molecule has 0 bridgehead atoms. The van der Waals surface area contributed by atoms with E-state index in [1.165, 1.54) is 6.07 Å². The van der Waals surface area contributed by atoms with E-state index in [9.17, 15) is 9.50 Å². The number of nitrogens with zero attached hydrogens (tertiary/aromatic N) is 2. The van der Waals surface area contributed by atoms with Crippen molar-refractivity contribution in [3.8, 4) is 17.0 Å². The van der Waals surface area contributed by atoms with E-state index in [4.69, 9.17) is 23.2 Å². The van der Waals surface area contributed by atoms with Gasteiger partial charge in [-0.15, -0.1) is 0 Å². The number of aryl methyl sites for hydroxylation is 1. The zero-order valence-corrected chi connectivity index (χ0v) is 11.5. The Morgan fingerprint density at radius 2 is 2.05 bits per heavy atom. The fraction of sp³-hybridized carbons (Fsp3) is 0.308. The zero-order valence-electron chi connectivity index (χ0n) is 9.96. The van der Waals surface area contributed by atoms with Crippen molar-refractivity contribution in [1.29, 1.82) is 0 Å². The molecule has 0 radical (unpaired) electrons. The number of hydrogen-bond donors (Lipinski definition) is 1. The molecule has 0 saturated heterocycles. The Morgan fingerprint density at radius 1 is 1.26 bits per heavy atom. The Labute approximate surface area is 119 Å². The Hall–Kier alpha value is -1.26. The molecule has 100 valence electrons. The predicted octanol–water partition coefficient (Wildman–Crippen LogP) is 4.04. The summed E-state index contributed by atoms with van der Waals surface area (Å²) in [6, 6.07) is 2.33. The van der Waals surface area contributed by atoms with Gasteiger partial charge in [-0.2, -0.15) is 5.10 Å². The summed E-state index contributed by atoms with van der Waals surface area (Å²) in [5, 5.41) is 14.4. The largest absolute Gasteiger partial charge is 0.506 e. The lowest BCUT2D eigenvalue weighted by Gasteiger charge is -2.12. The van der Waals surface area contributed by atoms with Crippen molar-refractivity contribution in [2.75, 3.05) is 0 Å². The number of halogens is 3. The molecule has 19 heavy (non-hydrogen) atoms. The Bertz CT molecular complexity index is 655. The SMILES string of the molecule is Oc1cc(-c2nn3c(c2Cl)CCCC3)c(F)cc1Cl. The topological polar surface area (TPSA) is 38.1 Å². The molecule has 1 aliphatic rings. The second kappa shape index (κ2) is 4.69. The van der Waals surface area contributed by atoms with E-state index in [-0.39, 0.29) is 16.3 Å². The van der Waals surface area contributed by atoms with Gasteiger partial charge in [0.2, 0.25) is 0 Å². The average Bonchev–Trinajstić information content (AvgIpc) is 2.72. The molecular formula is C13H11Cl2FN2O. The molecule has 0 spiro atoms. The smallest absolute Gasteiger partial charge is 0.135 e. The Morgan fingerprint density at radius 3 is 2.79 bits per heavy atom. The minimum atomic E-state index is -0.542. The minimum absolute atomic E-state index is 0.0265. The third-order valence-corrected chi connectivity index (χ3v) is 4.02. The van der Waals surface area contributed by atoms with Crippen molar-refractivity contribution in [2.45, 2.75) is 25.8 Å². The van der Waals surface area contributed by atoms with Crippen molar-refractivity contribution in [3.05, 3.63) is 33.7 Å². The summed E-state index contributed by atoms with van der Waals surface area (Å²) in [5.74, 6) is -0.722. The lowest BCUT2D eigenvalue weighted by molar-refractivity contribution is 0.473. The molecule has 3 rings (SSSR count). The van der Waals surface area contributed by atoms with Gasteiger partial charge in [-0.3, -0.25) is 4.68 Å². The maximum atomic E-state index is 14.0. The molecular weight excluding hydrogens is 290 g/mol. The van der Waals surface area contributed by atoms with Gasteiger partial charge in [-0.05, 0) is 31.4 Å². The summed E-state index contributed by atoms with van der Waals surface area (Å²) in [6.07, 6.45) is 2.94. The first-order valence-electron chi connectivity index (χ1n) is 6.01. The standard InChI is InChI=1S/C13H11Cl2FN2O/c14-8-6-9(16)7(5-11(8)19)13-12(15)10-3-1-2-4-18(10)17-13/h5-6,19H,1-4H2. The molecule has 3 nitrogen and oxygen atoms in total. The molecule has 0 unspecified atom stereocenters. The second-order valence-corrected chi connectivity index (χ2v) is 5.36. The van der Waals surface area contributed by atoms with Crippen LogP contribution in [-0.4, -0.2) is 14.9 Å². The molecule has 0 fully saturated rings. The molecule has 6 heteroatoms. The molecule has 1 N–H and O–H groups in total. The van der Waals surface area contributed by atoms with Gasteiger partial charge in [0.25, 0.3) is 0 Å². The van der Waals surface area contributed by atoms with Gasteiger partial charge in [0.05, 0.1) is 15.7 Å². The maximum Gasteiger partial charge on any atom is 0.135 e. The summed E-state index contributed by atoms with van der Waals surface area (Å²) in [5.41, 5.74) is 1.47. The van der Waals surface area contributed by atoms with Gasteiger partial charge in [0.1, 0.15) is 17.3 Å². The number of phenols is 1. The van der Waals surface area contributed by atoms with Crippen LogP contribution in [0, 0.1) is 5.82 Å². The van der Waals surface area contributed by atoms with Crippen LogP contribution in [0.2, 0.25) is 10.0 Å². The van der Waals surface area contributed by atoms with Gasteiger partial charge >= 0.3 is 0 Å². The van der Waals surface area contributed by atoms with Crippen molar-refractivity contribution in [2.24, 2.45) is 0 Å². The molecule has 0 atom stereocenters. The third kappa shape index (κ3) is 2.09. The normalized spacial score (nSPS) is 14.5. The lowest BCUT2D eigenvalue weighted by atomic mass is 10.1. The van der Waals surface area contributed by atoms with E-state index in [0.717, 1.165) is 37.6 Å². The fourth-order valence-corrected chi connectivity index (χ4v) is 2.83. The first-order chi connectivity index (χ1) is 9.08. The molecule has 1 aromatic heterocycles. The van der Waals surface area contributed by atoms with E-state index in [1.54, 1.807) is 0 Å². The minimum Gasteiger partial charge on any atom is -0.506 e. The number of aromatic nitrogens is 2. The number of aromatic hydroxyl groups is 1. The van der Waals surface area contributed by atoms with Crippen LogP contribution in [-0.2, 0) is 13.0 Å². The second-order valence-electron chi connectivity index (χ2n) is 4.57. The highest BCUT2D eigenvalue weighted by atomic mass is 35.5. The van der Waals surface area contributed by atoms with Crippen molar-refractivity contribution in [1.82, 2.24) is 9.78 Å². The summed E-state index contributed by atoms with van der Waals surface area (Å²) in [4.78, 5) is 0. The molecule has 2 heterocycles. The van der Waals surface area contributed by atoms with E-state index in [2.05, 4.69) is 5.10 Å². The van der Waals surface area contributed by atoms with Gasteiger partial charge in [-0.1, -0.05) is 23.2 Å². The fourth-order valence-electron chi connectivity index (χ4n) is 2.34. The van der Waals surface area contributed by atoms with Crippen LogP contribution >= 0.6 is 23.2 Å². The number of hydrogen-bond acceptors (Lipinski definition) is 2. The van der Waals surface area contributed by atoms with E-state index >= 15 is 0 Å². The summed E-state index contributed by atoms with van der Waals surface area (Å²) in [6.45, 7) is 0.788. The van der Waals surface area contributed by atoms with Gasteiger partial charge in [0.15, 0.2) is 0 Å². The maximum absolute atomic E-state index is 14.0. The van der Waals surface area contributed by atoms with E-state index in [1.807, 2.05) is 4.68 Å². The van der Waals surface area contributed by atoms with Crippen LogP contribution in [0.1, 0.15) is 18.5 Å². The summed E-state index contributed by atoms with van der Waals surface area (Å²) >= 11 is 11.9. The van der Waals surface area contributed by atoms with Crippen molar-refractivity contribution in [3.63, 3.8) is 0 Å². The summed E-state index contributed by atoms with van der Waals surface area (Å²) < 4.78 is 15.8. The van der Waals surface area contributed by atoms with E-state index in [0.29, 0.717) is 10.7 Å². The highest BCUT2D eigenvalue weighted by Crippen LogP contribution is 2.37. The third-order valence-electron chi connectivity index (χ3n) is 3.32. The quantitative estimate of drug-likeness (QED) is 0.863. The van der Waals surface area contributed by atoms with Crippen molar-refractivity contribution >= 4 is 23.2 Å². The van der Waals surface area contributed by atoms with Crippen LogP contribution in [0.4, 0.5) is 4.39 Å². The Kier molecular flexibility index (Phi) is 3.15. The van der Waals surface area contributed by atoms with Gasteiger partial charge in [0, 0.05) is 12.1 Å². The highest BCUT2D eigenvalue weighted by Gasteiger charge is 2.22. The molecule has 1 aromatic carbocycles. The number of phenolic OH excluding ortho intramolecular Hbond substituents is 1. The molecule has 2 aromatic rings. The molecule has 0 saturated carbocycles. The lowest BCUT2D eigenvalue weighted by Crippen LogP contribution is -2.10. The van der Waals surface area contributed by atoms with Crippen LogP contribution < -0.4 is 0 Å². The molecule has 1 aliphatic heterocycles. The van der Waals surface area contributed by atoms with Crippen molar-refractivity contribution < 1.29 is 9.50 Å². The van der Waals surface area contributed by atoms with E-state index < -0.39 is 5.82 Å². The van der Waals surface area contributed by atoms with Crippen LogP contribution in [0.15, 0.2) is 12.1 Å². The number of fused-ring (bicyclic) bond motifs is 1. The average molecular weight is 301 g/mol. The monoisotopic (exact) mass is 300 g/mol. The number of benzene rings is 1. The van der Waals surface area contributed by atoms with Crippen LogP contribution in [0.5, 0.6) is 5.75 Å². The first-order valence-corrected chi connectivity index (χ1v) is 6.77. The first kappa shape index (κ1) is 12.8. The van der Waals surface area contributed by atoms with Crippen LogP contribution in [0.3, 0.4) is 0 Å². The summed E-state index contributed by atoms with van der Waals surface area (Å²) in [7, 11) is 0. The predicted molar refractivity (Wildman–Crippen MR) is 72.2 cm³/mol. The number of rotatable bonds is 1. The zero-order chi connectivity index (χ0) is 13.6. The van der Waals surface area contributed by atoms with Crippen LogP contribution in [0.25, 0.3) is 11.3 Å². The van der Waals surface area contributed by atoms with Gasteiger partial charge in [-0.25, -0.2) is 4.39 Å².